The summed E-state index contributed by atoms with van der Waals surface area (Å²) in [7, 11) is 1.60. The Morgan fingerprint density at radius 2 is 1.89 bits per heavy atom. The van der Waals surface area contributed by atoms with Gasteiger partial charge in [-0.05, 0) is 18.9 Å². The summed E-state index contributed by atoms with van der Waals surface area (Å²) in [6.07, 6.45) is 7.60. The van der Waals surface area contributed by atoms with Crippen LogP contribution in [-0.2, 0) is 9.59 Å². The average Bonchev–Trinajstić information content (AvgIpc) is 2.36. The molecule has 18 heavy (non-hydrogen) atoms. The van der Waals surface area contributed by atoms with Gasteiger partial charge in [-0.2, -0.15) is 0 Å². The van der Waals surface area contributed by atoms with Gasteiger partial charge in [-0.1, -0.05) is 32.1 Å². The van der Waals surface area contributed by atoms with E-state index in [2.05, 4.69) is 5.32 Å². The molecular weight excluding hydrogens is 230 g/mol. The van der Waals surface area contributed by atoms with Crippen LogP contribution in [-0.4, -0.2) is 43.4 Å². The molecule has 0 saturated heterocycles. The average molecular weight is 255 g/mol. The summed E-state index contributed by atoms with van der Waals surface area (Å²) < 4.78 is 0. The molecule has 0 unspecified atom stereocenters. The van der Waals surface area contributed by atoms with Gasteiger partial charge in [-0.15, -0.1) is 0 Å². The largest absolute Gasteiger partial charge is 0.369 e. The second-order valence-electron chi connectivity index (χ2n) is 5.14. The van der Waals surface area contributed by atoms with Crippen molar-refractivity contribution in [1.82, 2.24) is 10.2 Å². The SMILES string of the molecule is CNC(=O)CN(CCC1CCCCC1)CC(N)=O. The Morgan fingerprint density at radius 1 is 1.22 bits per heavy atom. The molecule has 0 heterocycles. The van der Waals surface area contributed by atoms with Crippen molar-refractivity contribution in [3.05, 3.63) is 0 Å². The second-order valence-corrected chi connectivity index (χ2v) is 5.14. The molecular formula is C13H25N3O2. The van der Waals surface area contributed by atoms with Crippen molar-refractivity contribution in [2.75, 3.05) is 26.7 Å². The summed E-state index contributed by atoms with van der Waals surface area (Å²) in [5, 5.41) is 2.57. The highest BCUT2D eigenvalue weighted by Crippen LogP contribution is 2.26. The van der Waals surface area contributed by atoms with Crippen LogP contribution in [0.15, 0.2) is 0 Å². The molecule has 1 aliphatic carbocycles. The molecule has 0 bridgehead atoms. The van der Waals surface area contributed by atoms with Crippen LogP contribution in [0.4, 0.5) is 0 Å². The van der Waals surface area contributed by atoms with Crippen molar-refractivity contribution >= 4 is 11.8 Å². The van der Waals surface area contributed by atoms with Crippen molar-refractivity contribution in [1.29, 1.82) is 0 Å². The van der Waals surface area contributed by atoms with E-state index in [9.17, 15) is 9.59 Å². The molecule has 3 N–H and O–H groups in total. The van der Waals surface area contributed by atoms with Crippen LogP contribution in [0.1, 0.15) is 38.5 Å². The maximum Gasteiger partial charge on any atom is 0.233 e. The number of nitrogens with zero attached hydrogens (tertiary/aromatic N) is 1. The molecule has 5 nitrogen and oxygen atoms in total. The van der Waals surface area contributed by atoms with Crippen LogP contribution in [0.25, 0.3) is 0 Å². The van der Waals surface area contributed by atoms with E-state index in [1.54, 1.807) is 7.05 Å². The number of rotatable bonds is 7. The molecule has 0 atom stereocenters. The Morgan fingerprint density at radius 3 is 2.44 bits per heavy atom. The minimum absolute atomic E-state index is 0.0695. The number of hydrogen-bond donors (Lipinski definition) is 2. The van der Waals surface area contributed by atoms with Gasteiger partial charge in [0.1, 0.15) is 0 Å². The smallest absolute Gasteiger partial charge is 0.233 e. The minimum Gasteiger partial charge on any atom is -0.369 e. The second kappa shape index (κ2) is 8.08. The van der Waals surface area contributed by atoms with Crippen molar-refractivity contribution in [3.63, 3.8) is 0 Å². The number of hydrogen-bond acceptors (Lipinski definition) is 3. The molecule has 0 aromatic carbocycles. The van der Waals surface area contributed by atoms with Crippen molar-refractivity contribution in [2.24, 2.45) is 11.7 Å². The molecule has 5 heteroatoms. The zero-order valence-corrected chi connectivity index (χ0v) is 11.3. The van der Waals surface area contributed by atoms with Gasteiger partial charge in [-0.25, -0.2) is 0 Å². The van der Waals surface area contributed by atoms with Crippen molar-refractivity contribution < 1.29 is 9.59 Å². The first-order valence-corrected chi connectivity index (χ1v) is 6.83. The lowest BCUT2D eigenvalue weighted by Crippen LogP contribution is -2.41. The number of nitrogens with two attached hydrogens (primary N) is 1. The fraction of sp³-hybridized carbons (Fsp3) is 0.846. The Kier molecular flexibility index (Phi) is 6.72. The molecule has 1 rings (SSSR count). The van der Waals surface area contributed by atoms with E-state index in [1.807, 2.05) is 4.90 Å². The van der Waals surface area contributed by atoms with Crippen molar-refractivity contribution in [2.45, 2.75) is 38.5 Å². The Bertz CT molecular complexity index is 275. The fourth-order valence-electron chi connectivity index (χ4n) is 2.56. The van der Waals surface area contributed by atoms with E-state index < -0.39 is 0 Å². The minimum atomic E-state index is -0.373. The summed E-state index contributed by atoms with van der Waals surface area (Å²) in [5.74, 6) is 0.307. The third kappa shape index (κ3) is 6.00. The van der Waals surface area contributed by atoms with E-state index in [-0.39, 0.29) is 24.9 Å². The first kappa shape index (κ1) is 15.0. The maximum absolute atomic E-state index is 11.3. The topological polar surface area (TPSA) is 75.4 Å². The van der Waals surface area contributed by atoms with Crippen LogP contribution in [0, 0.1) is 5.92 Å². The Hall–Kier alpha value is -1.10. The summed E-state index contributed by atoms with van der Waals surface area (Å²) in [4.78, 5) is 24.2. The highest BCUT2D eigenvalue weighted by Gasteiger charge is 2.17. The van der Waals surface area contributed by atoms with Crippen LogP contribution in [0.3, 0.4) is 0 Å². The van der Waals surface area contributed by atoms with E-state index in [1.165, 1.54) is 32.1 Å². The predicted octanol–water partition coefficient (Wildman–Crippen LogP) is 0.490. The van der Waals surface area contributed by atoms with Gasteiger partial charge in [0.15, 0.2) is 0 Å². The number of nitrogens with one attached hydrogen (secondary N) is 1. The lowest BCUT2D eigenvalue weighted by Gasteiger charge is -2.25. The molecule has 0 aliphatic heterocycles. The van der Waals surface area contributed by atoms with Crippen LogP contribution in [0.2, 0.25) is 0 Å². The summed E-state index contributed by atoms with van der Waals surface area (Å²) >= 11 is 0. The summed E-state index contributed by atoms with van der Waals surface area (Å²) in [5.41, 5.74) is 5.21. The highest BCUT2D eigenvalue weighted by molar-refractivity contribution is 5.80. The van der Waals surface area contributed by atoms with Crippen LogP contribution in [0.5, 0.6) is 0 Å². The van der Waals surface area contributed by atoms with E-state index in [0.717, 1.165) is 18.9 Å². The van der Waals surface area contributed by atoms with Gasteiger partial charge in [0.25, 0.3) is 0 Å². The number of carbonyl (C=O) groups is 2. The van der Waals surface area contributed by atoms with Gasteiger partial charge in [0, 0.05) is 7.05 Å². The molecule has 0 spiro atoms. The predicted molar refractivity (Wildman–Crippen MR) is 70.9 cm³/mol. The number of likely N-dealkylation sites (N-methyl/N-ethyl adjacent to an activating group) is 1. The zero-order chi connectivity index (χ0) is 13.4. The molecule has 2 amide bonds. The van der Waals surface area contributed by atoms with Gasteiger partial charge in [0.2, 0.25) is 11.8 Å². The monoisotopic (exact) mass is 255 g/mol. The van der Waals surface area contributed by atoms with E-state index in [4.69, 9.17) is 5.73 Å². The van der Waals surface area contributed by atoms with E-state index >= 15 is 0 Å². The molecule has 0 radical (unpaired) electrons. The summed E-state index contributed by atoms with van der Waals surface area (Å²) in [6, 6.07) is 0. The molecule has 0 aromatic rings. The van der Waals surface area contributed by atoms with Crippen molar-refractivity contribution in [3.8, 4) is 0 Å². The standard InChI is InChI=1S/C13H25N3O2/c1-15-13(18)10-16(9-12(14)17)8-7-11-5-3-2-4-6-11/h11H,2-10H2,1H3,(H2,14,17)(H,15,18). The number of primary amides is 1. The molecule has 104 valence electrons. The first-order valence-electron chi connectivity index (χ1n) is 6.83. The van der Waals surface area contributed by atoms with E-state index in [0.29, 0.717) is 0 Å². The summed E-state index contributed by atoms with van der Waals surface area (Å²) in [6.45, 7) is 1.20. The lowest BCUT2D eigenvalue weighted by atomic mass is 9.87. The van der Waals surface area contributed by atoms with Crippen LogP contribution < -0.4 is 11.1 Å². The number of amides is 2. The quantitative estimate of drug-likeness (QED) is 0.695. The zero-order valence-electron chi connectivity index (χ0n) is 11.3. The molecule has 1 aliphatic rings. The fourth-order valence-corrected chi connectivity index (χ4v) is 2.56. The van der Waals surface area contributed by atoms with Gasteiger partial charge < -0.3 is 11.1 Å². The molecule has 1 fully saturated rings. The van der Waals surface area contributed by atoms with Gasteiger partial charge in [-0.3, -0.25) is 14.5 Å². The normalized spacial score (nSPS) is 16.8. The van der Waals surface area contributed by atoms with Crippen LogP contribution >= 0.6 is 0 Å². The molecule has 0 aromatic heterocycles. The highest BCUT2D eigenvalue weighted by atomic mass is 16.2. The van der Waals surface area contributed by atoms with Gasteiger partial charge >= 0.3 is 0 Å². The Labute approximate surface area is 109 Å². The first-order chi connectivity index (χ1) is 8.61. The molecule has 1 saturated carbocycles. The number of carbonyl (C=O) groups excluding carboxylic acids is 2. The maximum atomic E-state index is 11.3. The third-order valence-electron chi connectivity index (χ3n) is 3.60. The Balaban J connectivity index is 2.34. The third-order valence-corrected chi connectivity index (χ3v) is 3.60. The lowest BCUT2D eigenvalue weighted by molar-refractivity contribution is -0.123. The van der Waals surface area contributed by atoms with Gasteiger partial charge in [0.05, 0.1) is 13.1 Å².